The number of benzene rings is 2. The fraction of sp³-hybridized carbons (Fsp3) is 0.278. The molecule has 0 aliphatic rings. The van der Waals surface area contributed by atoms with Crippen molar-refractivity contribution in [3.05, 3.63) is 59.7 Å². The van der Waals surface area contributed by atoms with E-state index in [2.05, 4.69) is 31.2 Å². The van der Waals surface area contributed by atoms with Crippen LogP contribution in [0.2, 0.25) is 0 Å². The first-order valence-electron chi connectivity index (χ1n) is 6.99. The number of aryl methyl sites for hydroxylation is 1. The summed E-state index contributed by atoms with van der Waals surface area (Å²) in [5.41, 5.74) is 4.31. The van der Waals surface area contributed by atoms with Crippen LogP contribution in [0.25, 0.3) is 11.1 Å². The van der Waals surface area contributed by atoms with Crippen molar-refractivity contribution in [2.75, 3.05) is 0 Å². The third kappa shape index (κ3) is 3.49. The lowest BCUT2D eigenvalue weighted by atomic mass is 10.00. The van der Waals surface area contributed by atoms with Gasteiger partial charge in [-0.15, -0.1) is 11.6 Å². The van der Waals surface area contributed by atoms with Gasteiger partial charge in [0.15, 0.2) is 5.78 Å². The van der Waals surface area contributed by atoms with Crippen LogP contribution in [0.15, 0.2) is 48.5 Å². The molecule has 0 fully saturated rings. The van der Waals surface area contributed by atoms with Crippen LogP contribution in [0, 0.1) is 0 Å². The molecule has 1 unspecified atom stereocenters. The molecule has 0 aliphatic carbocycles. The molecule has 0 heterocycles. The van der Waals surface area contributed by atoms with Gasteiger partial charge in [-0.25, -0.2) is 0 Å². The van der Waals surface area contributed by atoms with Crippen LogP contribution in [0.4, 0.5) is 0 Å². The van der Waals surface area contributed by atoms with Crippen LogP contribution >= 0.6 is 11.6 Å². The van der Waals surface area contributed by atoms with Gasteiger partial charge in [0, 0.05) is 5.56 Å². The minimum Gasteiger partial charge on any atom is -0.293 e. The molecule has 0 spiro atoms. The topological polar surface area (TPSA) is 17.1 Å². The highest BCUT2D eigenvalue weighted by Gasteiger charge is 2.11. The van der Waals surface area contributed by atoms with E-state index in [1.54, 1.807) is 6.92 Å². The van der Waals surface area contributed by atoms with E-state index in [0.717, 1.165) is 18.4 Å². The van der Waals surface area contributed by atoms with E-state index in [9.17, 15) is 4.79 Å². The number of ketones is 1. The van der Waals surface area contributed by atoms with Gasteiger partial charge in [0.1, 0.15) is 0 Å². The van der Waals surface area contributed by atoms with E-state index >= 15 is 0 Å². The maximum atomic E-state index is 11.8. The van der Waals surface area contributed by atoms with E-state index in [4.69, 9.17) is 11.6 Å². The molecule has 104 valence electrons. The maximum Gasteiger partial charge on any atom is 0.180 e. The quantitative estimate of drug-likeness (QED) is 0.551. The van der Waals surface area contributed by atoms with Gasteiger partial charge < -0.3 is 0 Å². The number of hydrogen-bond donors (Lipinski definition) is 0. The van der Waals surface area contributed by atoms with Crippen molar-refractivity contribution in [2.45, 2.75) is 32.1 Å². The van der Waals surface area contributed by atoms with Gasteiger partial charge in [-0.05, 0) is 30.0 Å². The molecular weight excluding hydrogens is 268 g/mol. The van der Waals surface area contributed by atoms with Gasteiger partial charge in [-0.3, -0.25) is 4.79 Å². The number of carbonyl (C=O) groups is 1. The third-order valence-corrected chi connectivity index (χ3v) is 3.55. The molecule has 0 amide bonds. The number of Topliss-reactive ketones (excluding diaryl/α,β-unsaturated/α-hetero) is 1. The summed E-state index contributed by atoms with van der Waals surface area (Å²) in [6.45, 7) is 3.88. The Balaban J connectivity index is 2.19. The summed E-state index contributed by atoms with van der Waals surface area (Å²) in [6, 6.07) is 16.2. The molecule has 2 rings (SSSR count). The van der Waals surface area contributed by atoms with Gasteiger partial charge in [-0.1, -0.05) is 61.9 Å². The van der Waals surface area contributed by atoms with Crippen LogP contribution in [0.1, 0.15) is 36.2 Å². The molecule has 0 radical (unpaired) electrons. The van der Waals surface area contributed by atoms with E-state index in [0.29, 0.717) is 5.56 Å². The zero-order valence-electron chi connectivity index (χ0n) is 11.9. The Morgan fingerprint density at radius 1 is 1.00 bits per heavy atom. The number of halogens is 1. The highest BCUT2D eigenvalue weighted by molar-refractivity contribution is 6.33. The van der Waals surface area contributed by atoms with E-state index in [-0.39, 0.29) is 5.78 Å². The molecule has 0 saturated heterocycles. The summed E-state index contributed by atoms with van der Waals surface area (Å²) < 4.78 is 0. The molecule has 20 heavy (non-hydrogen) atoms. The molecule has 0 aliphatic heterocycles. The van der Waals surface area contributed by atoms with Gasteiger partial charge in [0.05, 0.1) is 5.38 Å². The summed E-state index contributed by atoms with van der Waals surface area (Å²) in [7, 11) is 0. The van der Waals surface area contributed by atoms with Gasteiger partial charge >= 0.3 is 0 Å². The maximum absolute atomic E-state index is 11.8. The molecule has 0 N–H and O–H groups in total. The number of carbonyl (C=O) groups excluding carboxylic acids is 1. The Morgan fingerprint density at radius 2 is 1.50 bits per heavy atom. The largest absolute Gasteiger partial charge is 0.293 e. The van der Waals surface area contributed by atoms with Gasteiger partial charge in [0.25, 0.3) is 0 Å². The second-order valence-corrected chi connectivity index (χ2v) is 5.66. The van der Waals surface area contributed by atoms with E-state index < -0.39 is 5.38 Å². The highest BCUT2D eigenvalue weighted by Crippen LogP contribution is 2.21. The molecular formula is C18H19ClO. The van der Waals surface area contributed by atoms with Crippen molar-refractivity contribution in [3.63, 3.8) is 0 Å². The summed E-state index contributed by atoms with van der Waals surface area (Å²) in [5.74, 6) is -0.0310. The fourth-order valence-corrected chi connectivity index (χ4v) is 2.34. The van der Waals surface area contributed by atoms with E-state index in [1.807, 2.05) is 24.3 Å². The first kappa shape index (κ1) is 14.8. The summed E-state index contributed by atoms with van der Waals surface area (Å²) in [4.78, 5) is 11.8. The SMILES string of the molecule is CCCc1ccc(-c2ccc(C(=O)C(C)Cl)cc2)cc1. The lowest BCUT2D eigenvalue weighted by molar-refractivity contribution is 0.0992. The average Bonchev–Trinajstić information content (AvgIpc) is 2.48. The molecule has 1 nitrogen and oxygen atoms in total. The smallest absolute Gasteiger partial charge is 0.180 e. The molecule has 2 heteroatoms. The zero-order valence-corrected chi connectivity index (χ0v) is 12.7. The van der Waals surface area contributed by atoms with Crippen molar-refractivity contribution < 1.29 is 4.79 Å². The van der Waals surface area contributed by atoms with Crippen LogP contribution < -0.4 is 0 Å². The number of hydrogen-bond acceptors (Lipinski definition) is 1. The second kappa shape index (κ2) is 6.71. The molecule has 0 aromatic heterocycles. The summed E-state index contributed by atoms with van der Waals surface area (Å²) >= 11 is 5.82. The monoisotopic (exact) mass is 286 g/mol. The summed E-state index contributed by atoms with van der Waals surface area (Å²) in [5, 5.41) is -0.478. The van der Waals surface area contributed by atoms with Gasteiger partial charge in [-0.2, -0.15) is 0 Å². The first-order valence-corrected chi connectivity index (χ1v) is 7.43. The van der Waals surface area contributed by atoms with Crippen LogP contribution in [0.3, 0.4) is 0 Å². The lowest BCUT2D eigenvalue weighted by Crippen LogP contribution is -2.09. The van der Waals surface area contributed by atoms with Crippen molar-refractivity contribution in [1.29, 1.82) is 0 Å². The summed E-state index contributed by atoms with van der Waals surface area (Å²) in [6.07, 6.45) is 2.27. The molecule has 1 atom stereocenters. The van der Waals surface area contributed by atoms with Crippen molar-refractivity contribution in [3.8, 4) is 11.1 Å². The minimum absolute atomic E-state index is 0.0310. The van der Waals surface area contributed by atoms with Crippen molar-refractivity contribution in [1.82, 2.24) is 0 Å². The van der Waals surface area contributed by atoms with Gasteiger partial charge in [0.2, 0.25) is 0 Å². The predicted molar refractivity (Wildman–Crippen MR) is 85.5 cm³/mol. The second-order valence-electron chi connectivity index (χ2n) is 5.00. The minimum atomic E-state index is -0.478. The Morgan fingerprint density at radius 3 is 1.95 bits per heavy atom. The van der Waals surface area contributed by atoms with Crippen LogP contribution in [-0.2, 0) is 6.42 Å². The molecule has 2 aromatic rings. The van der Waals surface area contributed by atoms with Crippen LogP contribution in [-0.4, -0.2) is 11.2 Å². The number of alkyl halides is 1. The highest BCUT2D eigenvalue weighted by atomic mass is 35.5. The van der Waals surface area contributed by atoms with E-state index in [1.165, 1.54) is 11.1 Å². The molecule has 0 bridgehead atoms. The Hall–Kier alpha value is -1.60. The predicted octanol–water partition coefficient (Wildman–Crippen LogP) is 5.12. The average molecular weight is 287 g/mol. The van der Waals surface area contributed by atoms with Crippen molar-refractivity contribution >= 4 is 17.4 Å². The molecule has 0 saturated carbocycles. The van der Waals surface area contributed by atoms with Crippen molar-refractivity contribution in [2.24, 2.45) is 0 Å². The lowest BCUT2D eigenvalue weighted by Gasteiger charge is -2.06. The molecule has 2 aromatic carbocycles. The number of rotatable bonds is 5. The van der Waals surface area contributed by atoms with Crippen LogP contribution in [0.5, 0.6) is 0 Å². The Labute approximate surface area is 125 Å². The Bertz CT molecular complexity index is 567. The fourth-order valence-electron chi connectivity index (χ4n) is 2.21. The standard InChI is InChI=1S/C18H19ClO/c1-3-4-14-5-7-15(8-6-14)16-9-11-17(12-10-16)18(20)13(2)19/h5-13H,3-4H2,1-2H3. The first-order chi connectivity index (χ1) is 9.61. The normalized spacial score (nSPS) is 12.2. The Kier molecular flexibility index (Phi) is 4.97. The zero-order chi connectivity index (χ0) is 14.5. The third-order valence-electron chi connectivity index (χ3n) is 3.36.